The molecule has 164 valence electrons. The first-order valence-electron chi connectivity index (χ1n) is 12.0. The van der Waals surface area contributed by atoms with Crippen LogP contribution in [-0.4, -0.2) is 4.98 Å². The minimum Gasteiger partial charge on any atom is -0.310 e. The molecule has 1 aliphatic carbocycles. The van der Waals surface area contributed by atoms with Crippen molar-refractivity contribution < 1.29 is 0 Å². The molecule has 2 nitrogen and oxygen atoms in total. The van der Waals surface area contributed by atoms with Gasteiger partial charge in [-0.25, -0.2) is 4.98 Å². The third kappa shape index (κ3) is 2.82. The highest BCUT2D eigenvalue weighted by Gasteiger charge is 2.38. The molecule has 34 heavy (non-hydrogen) atoms. The predicted molar refractivity (Wildman–Crippen MR) is 146 cm³/mol. The summed E-state index contributed by atoms with van der Waals surface area (Å²) in [6.07, 6.45) is 6.85. The fourth-order valence-electron chi connectivity index (χ4n) is 5.79. The first-order valence-corrected chi connectivity index (χ1v) is 12.9. The van der Waals surface area contributed by atoms with Crippen LogP contribution in [0.15, 0.2) is 78.9 Å². The Kier molecular flexibility index (Phi) is 4.26. The normalized spacial score (nSPS) is 16.0. The van der Waals surface area contributed by atoms with Gasteiger partial charge in [0.2, 0.25) is 0 Å². The van der Waals surface area contributed by atoms with Gasteiger partial charge >= 0.3 is 0 Å². The Hall–Kier alpha value is -3.48. The molecule has 1 aliphatic heterocycles. The van der Waals surface area contributed by atoms with E-state index in [9.17, 15) is 0 Å². The summed E-state index contributed by atoms with van der Waals surface area (Å²) in [7, 11) is 1.27. The highest BCUT2D eigenvalue weighted by atomic mass is 31.0. The molecule has 0 unspecified atom stereocenters. The number of rotatable bonds is 1. The molecule has 2 aliphatic rings. The number of anilines is 3. The molecule has 0 fully saturated rings. The molecular weight excluding hydrogens is 431 g/mol. The van der Waals surface area contributed by atoms with E-state index in [0.717, 1.165) is 23.7 Å². The zero-order chi connectivity index (χ0) is 22.9. The van der Waals surface area contributed by atoms with Crippen molar-refractivity contribution >= 4 is 58.8 Å². The Morgan fingerprint density at radius 3 is 2.59 bits per heavy atom. The molecule has 0 saturated carbocycles. The maximum Gasteiger partial charge on any atom is 0.0776 e. The number of nitrogens with zero attached hydrogens (tertiary/aromatic N) is 2. The first kappa shape index (κ1) is 19.9. The fraction of sp³-hybridized carbons (Fsp3) is 0.161. The second-order valence-electron chi connectivity index (χ2n) is 9.81. The van der Waals surface area contributed by atoms with E-state index in [2.05, 4.69) is 110 Å². The molecule has 1 aromatic heterocycles. The van der Waals surface area contributed by atoms with Gasteiger partial charge in [-0.15, -0.1) is 0 Å². The molecule has 0 bridgehead atoms. The lowest BCUT2D eigenvalue weighted by Gasteiger charge is -2.42. The van der Waals surface area contributed by atoms with Crippen LogP contribution in [0.1, 0.15) is 37.8 Å². The summed E-state index contributed by atoms with van der Waals surface area (Å²) in [6, 6.07) is 29.0. The summed E-state index contributed by atoms with van der Waals surface area (Å²) >= 11 is 0. The van der Waals surface area contributed by atoms with Gasteiger partial charge in [0.1, 0.15) is 0 Å². The summed E-state index contributed by atoms with van der Waals surface area (Å²) in [5, 5.41) is 5.06. The van der Waals surface area contributed by atoms with Crippen molar-refractivity contribution in [2.45, 2.75) is 32.1 Å². The van der Waals surface area contributed by atoms with Crippen LogP contribution in [0.2, 0.25) is 0 Å². The molecule has 5 aromatic rings. The SMILES string of the molecule is CC1(C)c2ccccc2N(c2ccc3pc4c(nc3c2)=CCCC=4)c2ccc3ccccc3c21. The zero-order valence-electron chi connectivity index (χ0n) is 19.4. The van der Waals surface area contributed by atoms with Crippen molar-refractivity contribution in [2.75, 3.05) is 4.90 Å². The highest BCUT2D eigenvalue weighted by molar-refractivity contribution is 7.35. The third-order valence-corrected chi connectivity index (χ3v) is 8.67. The maximum absolute atomic E-state index is 5.07. The Bertz CT molecular complexity index is 1750. The molecule has 0 amide bonds. The Morgan fingerprint density at radius 2 is 1.65 bits per heavy atom. The topological polar surface area (TPSA) is 16.1 Å². The number of fused-ring (bicyclic) bond motifs is 6. The van der Waals surface area contributed by atoms with E-state index in [1.165, 1.54) is 57.2 Å². The summed E-state index contributed by atoms with van der Waals surface area (Å²) in [6.45, 7) is 4.72. The molecular formula is C31H25N2P. The van der Waals surface area contributed by atoms with Gasteiger partial charge in [0.15, 0.2) is 0 Å². The quantitative estimate of drug-likeness (QED) is 0.261. The lowest BCUT2D eigenvalue weighted by atomic mass is 9.72. The minimum absolute atomic E-state index is 0.104. The van der Waals surface area contributed by atoms with Gasteiger partial charge < -0.3 is 4.90 Å². The summed E-state index contributed by atoms with van der Waals surface area (Å²) in [4.78, 5) is 8.87. The lowest BCUT2D eigenvalue weighted by Crippen LogP contribution is -2.31. The van der Waals surface area contributed by atoms with Crippen molar-refractivity contribution in [2.24, 2.45) is 0 Å². The van der Waals surface area contributed by atoms with Gasteiger partial charge in [0, 0.05) is 21.2 Å². The molecule has 3 heteroatoms. The van der Waals surface area contributed by atoms with E-state index in [-0.39, 0.29) is 5.41 Å². The predicted octanol–water partition coefficient (Wildman–Crippen LogP) is 7.43. The number of benzene rings is 4. The van der Waals surface area contributed by atoms with Gasteiger partial charge in [-0.2, -0.15) is 0 Å². The average Bonchev–Trinajstić information content (AvgIpc) is 2.87. The van der Waals surface area contributed by atoms with Crippen LogP contribution < -0.4 is 15.2 Å². The number of aromatic nitrogens is 1. The van der Waals surface area contributed by atoms with Crippen molar-refractivity contribution in [1.29, 1.82) is 0 Å². The monoisotopic (exact) mass is 456 g/mol. The van der Waals surface area contributed by atoms with Crippen LogP contribution in [0.3, 0.4) is 0 Å². The van der Waals surface area contributed by atoms with Gasteiger partial charge in [-0.1, -0.05) is 82.7 Å². The van der Waals surface area contributed by atoms with Gasteiger partial charge in [-0.05, 0) is 65.1 Å². The van der Waals surface area contributed by atoms with Crippen molar-refractivity contribution in [3.05, 3.63) is 100 Å². The van der Waals surface area contributed by atoms with E-state index >= 15 is 0 Å². The summed E-state index contributed by atoms with van der Waals surface area (Å²) in [5.41, 5.74) is 7.40. The van der Waals surface area contributed by atoms with E-state index in [0.29, 0.717) is 0 Å². The van der Waals surface area contributed by atoms with Crippen LogP contribution in [-0.2, 0) is 5.41 Å². The number of para-hydroxylation sites is 1. The van der Waals surface area contributed by atoms with Crippen LogP contribution in [0.4, 0.5) is 17.1 Å². The Morgan fingerprint density at radius 1 is 0.824 bits per heavy atom. The van der Waals surface area contributed by atoms with Gasteiger partial charge in [0.25, 0.3) is 0 Å². The van der Waals surface area contributed by atoms with Gasteiger partial charge in [0.05, 0.1) is 22.2 Å². The molecule has 7 rings (SSSR count). The maximum atomic E-state index is 5.07. The number of hydrogen-bond acceptors (Lipinski definition) is 2. The summed E-state index contributed by atoms with van der Waals surface area (Å²) < 4.78 is 0. The second kappa shape index (κ2) is 7.26. The first-order chi connectivity index (χ1) is 16.6. The van der Waals surface area contributed by atoms with Crippen molar-refractivity contribution in [3.63, 3.8) is 0 Å². The largest absolute Gasteiger partial charge is 0.310 e. The second-order valence-corrected chi connectivity index (χ2v) is 11.0. The Labute approximate surface area is 201 Å². The van der Waals surface area contributed by atoms with Crippen LogP contribution >= 0.6 is 8.19 Å². The molecule has 2 heterocycles. The van der Waals surface area contributed by atoms with E-state index in [1.807, 2.05) is 0 Å². The van der Waals surface area contributed by atoms with Crippen molar-refractivity contribution in [3.8, 4) is 0 Å². The van der Waals surface area contributed by atoms with E-state index in [4.69, 9.17) is 4.98 Å². The van der Waals surface area contributed by atoms with Crippen LogP contribution in [0, 0.1) is 0 Å². The van der Waals surface area contributed by atoms with Gasteiger partial charge in [-0.3, -0.25) is 0 Å². The lowest BCUT2D eigenvalue weighted by molar-refractivity contribution is 0.638. The van der Waals surface area contributed by atoms with Crippen LogP contribution in [0.25, 0.3) is 33.6 Å². The molecule has 0 spiro atoms. The standard InChI is InChI=1S/C31H25N2P/c1-31(2)23-11-5-7-13-26(23)33(27-17-15-20-9-3-4-10-22(20)30(27)31)21-16-18-29-25(19-21)32-24-12-6-8-14-28(24)34-29/h3-5,7,9-19H,6,8H2,1-2H3. The van der Waals surface area contributed by atoms with Crippen molar-refractivity contribution in [1.82, 2.24) is 4.98 Å². The fourth-order valence-corrected chi connectivity index (χ4v) is 6.91. The molecule has 0 atom stereocenters. The third-order valence-electron chi connectivity index (χ3n) is 7.39. The van der Waals surface area contributed by atoms with E-state index in [1.54, 1.807) is 0 Å². The average molecular weight is 457 g/mol. The minimum atomic E-state index is -0.104. The molecule has 0 N–H and O–H groups in total. The molecule has 0 saturated heterocycles. The number of hydrogen-bond donors (Lipinski definition) is 0. The van der Waals surface area contributed by atoms with Crippen LogP contribution in [0.5, 0.6) is 0 Å². The zero-order valence-corrected chi connectivity index (χ0v) is 20.3. The molecule has 0 radical (unpaired) electrons. The highest BCUT2D eigenvalue weighted by Crippen LogP contribution is 2.53. The molecule has 4 aromatic carbocycles. The smallest absolute Gasteiger partial charge is 0.0776 e. The van der Waals surface area contributed by atoms with E-state index < -0.39 is 0 Å². The Balaban J connectivity index is 1.54. The summed E-state index contributed by atoms with van der Waals surface area (Å²) in [5.74, 6) is 0.